The third-order valence-corrected chi connectivity index (χ3v) is 2.92. The summed E-state index contributed by atoms with van der Waals surface area (Å²) in [7, 11) is 0. The molecule has 0 aromatic heterocycles. The van der Waals surface area contributed by atoms with E-state index in [0.717, 1.165) is 12.8 Å². The number of alkyl carbamates (subject to hydrolysis) is 1. The summed E-state index contributed by atoms with van der Waals surface area (Å²) in [6, 6.07) is 0.178. The van der Waals surface area contributed by atoms with Crippen LogP contribution in [0.15, 0.2) is 0 Å². The second kappa shape index (κ2) is 5.23. The Morgan fingerprint density at radius 2 is 2.00 bits per heavy atom. The number of carbonyl (C=O) groups is 1. The van der Waals surface area contributed by atoms with E-state index in [2.05, 4.69) is 5.32 Å². The van der Waals surface area contributed by atoms with Crippen molar-refractivity contribution in [2.75, 3.05) is 6.54 Å². The van der Waals surface area contributed by atoms with Crippen LogP contribution in [-0.2, 0) is 4.74 Å². The van der Waals surface area contributed by atoms with Gasteiger partial charge in [0.1, 0.15) is 5.60 Å². The SMILES string of the molecule is CC(C)(C)OC(=O)NC[C@]1(O)CC[C@@H](N)CC1. The Morgan fingerprint density at radius 3 is 2.47 bits per heavy atom. The maximum absolute atomic E-state index is 11.4. The lowest BCUT2D eigenvalue weighted by Crippen LogP contribution is -2.48. The second-order valence-electron chi connectivity index (χ2n) is 5.92. The van der Waals surface area contributed by atoms with E-state index in [0.29, 0.717) is 12.8 Å². The Morgan fingerprint density at radius 1 is 1.47 bits per heavy atom. The Bertz CT molecular complexity index is 265. The normalized spacial score (nSPS) is 29.8. The lowest BCUT2D eigenvalue weighted by Gasteiger charge is -2.35. The van der Waals surface area contributed by atoms with Crippen molar-refractivity contribution >= 4 is 6.09 Å². The van der Waals surface area contributed by atoms with Gasteiger partial charge in [-0.15, -0.1) is 0 Å². The van der Waals surface area contributed by atoms with E-state index in [1.807, 2.05) is 0 Å². The minimum Gasteiger partial charge on any atom is -0.444 e. The van der Waals surface area contributed by atoms with E-state index in [4.69, 9.17) is 10.5 Å². The van der Waals surface area contributed by atoms with Gasteiger partial charge >= 0.3 is 6.09 Å². The monoisotopic (exact) mass is 244 g/mol. The van der Waals surface area contributed by atoms with Gasteiger partial charge in [0.25, 0.3) is 0 Å². The summed E-state index contributed by atoms with van der Waals surface area (Å²) in [5, 5.41) is 12.8. The number of nitrogens with one attached hydrogen (secondary N) is 1. The molecule has 0 radical (unpaired) electrons. The molecule has 1 amide bonds. The minimum absolute atomic E-state index is 0.178. The molecular formula is C12H24N2O3. The highest BCUT2D eigenvalue weighted by Gasteiger charge is 2.32. The van der Waals surface area contributed by atoms with Crippen molar-refractivity contribution in [2.45, 2.75) is 63.7 Å². The Kier molecular flexibility index (Phi) is 4.38. The zero-order chi connectivity index (χ0) is 13.1. The lowest BCUT2D eigenvalue weighted by atomic mass is 9.82. The van der Waals surface area contributed by atoms with Gasteiger partial charge in [-0.05, 0) is 46.5 Å². The van der Waals surface area contributed by atoms with Gasteiger partial charge in [0.2, 0.25) is 0 Å². The van der Waals surface area contributed by atoms with Crippen molar-refractivity contribution in [3.8, 4) is 0 Å². The predicted molar refractivity (Wildman–Crippen MR) is 65.6 cm³/mol. The molecule has 100 valence electrons. The van der Waals surface area contributed by atoms with Gasteiger partial charge in [0.05, 0.1) is 5.60 Å². The summed E-state index contributed by atoms with van der Waals surface area (Å²) in [4.78, 5) is 11.4. The van der Waals surface area contributed by atoms with Crippen LogP contribution in [0.2, 0.25) is 0 Å². The van der Waals surface area contributed by atoms with Crippen molar-refractivity contribution in [3.63, 3.8) is 0 Å². The minimum atomic E-state index is -0.827. The van der Waals surface area contributed by atoms with Crippen LogP contribution < -0.4 is 11.1 Å². The number of amides is 1. The lowest BCUT2D eigenvalue weighted by molar-refractivity contribution is -0.00485. The van der Waals surface area contributed by atoms with Crippen LogP contribution in [0, 0.1) is 0 Å². The molecule has 1 fully saturated rings. The van der Waals surface area contributed by atoms with E-state index < -0.39 is 17.3 Å². The quantitative estimate of drug-likeness (QED) is 0.680. The molecule has 1 saturated carbocycles. The van der Waals surface area contributed by atoms with Crippen LogP contribution in [0.1, 0.15) is 46.5 Å². The van der Waals surface area contributed by atoms with Gasteiger partial charge in [0, 0.05) is 12.6 Å². The third kappa shape index (κ3) is 5.37. The van der Waals surface area contributed by atoms with Crippen molar-refractivity contribution in [2.24, 2.45) is 5.73 Å². The number of hydrogen-bond donors (Lipinski definition) is 3. The molecule has 17 heavy (non-hydrogen) atoms. The van der Waals surface area contributed by atoms with E-state index in [-0.39, 0.29) is 12.6 Å². The fraction of sp³-hybridized carbons (Fsp3) is 0.917. The summed E-state index contributed by atoms with van der Waals surface area (Å²) in [5.41, 5.74) is 4.43. The Labute approximate surface area is 103 Å². The Balaban J connectivity index is 2.32. The van der Waals surface area contributed by atoms with Gasteiger partial charge < -0.3 is 20.9 Å². The number of hydrogen-bond acceptors (Lipinski definition) is 4. The molecule has 0 aromatic carbocycles. The molecule has 0 bridgehead atoms. The topological polar surface area (TPSA) is 84.6 Å². The standard InChI is InChI=1S/C12H24N2O3/c1-11(2,3)17-10(15)14-8-12(16)6-4-9(13)5-7-12/h9,16H,4-8,13H2,1-3H3,(H,14,15)/t9-,12+. The molecule has 5 heteroatoms. The number of ether oxygens (including phenoxy) is 1. The van der Waals surface area contributed by atoms with Crippen LogP contribution >= 0.6 is 0 Å². The van der Waals surface area contributed by atoms with Gasteiger partial charge in [-0.3, -0.25) is 0 Å². The average Bonchev–Trinajstić information content (AvgIpc) is 2.18. The summed E-state index contributed by atoms with van der Waals surface area (Å²) in [5.74, 6) is 0. The van der Waals surface area contributed by atoms with Crippen molar-refractivity contribution in [1.29, 1.82) is 0 Å². The van der Waals surface area contributed by atoms with Crippen LogP contribution in [0.3, 0.4) is 0 Å². The zero-order valence-electron chi connectivity index (χ0n) is 11.0. The largest absolute Gasteiger partial charge is 0.444 e. The van der Waals surface area contributed by atoms with Crippen LogP contribution in [0.25, 0.3) is 0 Å². The average molecular weight is 244 g/mol. The fourth-order valence-corrected chi connectivity index (χ4v) is 1.91. The van der Waals surface area contributed by atoms with Crippen LogP contribution in [0.4, 0.5) is 4.79 Å². The first-order valence-corrected chi connectivity index (χ1v) is 6.15. The van der Waals surface area contributed by atoms with E-state index in [1.54, 1.807) is 20.8 Å². The number of aliphatic hydroxyl groups is 1. The molecule has 4 N–H and O–H groups in total. The molecule has 0 saturated heterocycles. The second-order valence-corrected chi connectivity index (χ2v) is 5.92. The summed E-state index contributed by atoms with van der Waals surface area (Å²) < 4.78 is 5.11. The molecule has 5 nitrogen and oxygen atoms in total. The smallest absolute Gasteiger partial charge is 0.407 e. The van der Waals surface area contributed by atoms with Gasteiger partial charge in [0.15, 0.2) is 0 Å². The summed E-state index contributed by atoms with van der Waals surface area (Å²) >= 11 is 0. The molecular weight excluding hydrogens is 220 g/mol. The molecule has 0 heterocycles. The van der Waals surface area contributed by atoms with E-state index >= 15 is 0 Å². The first-order chi connectivity index (χ1) is 7.70. The van der Waals surface area contributed by atoms with Crippen LogP contribution in [0.5, 0.6) is 0 Å². The predicted octanol–water partition coefficient (Wildman–Crippen LogP) is 1.14. The van der Waals surface area contributed by atoms with E-state index in [1.165, 1.54) is 0 Å². The van der Waals surface area contributed by atoms with Crippen molar-refractivity contribution in [1.82, 2.24) is 5.32 Å². The third-order valence-electron chi connectivity index (χ3n) is 2.92. The Hall–Kier alpha value is -0.810. The number of carbonyl (C=O) groups excluding carboxylic acids is 1. The highest BCUT2D eigenvalue weighted by Crippen LogP contribution is 2.26. The molecule has 1 aliphatic rings. The van der Waals surface area contributed by atoms with Gasteiger partial charge in [-0.25, -0.2) is 4.79 Å². The fourth-order valence-electron chi connectivity index (χ4n) is 1.91. The molecule has 0 unspecified atom stereocenters. The summed E-state index contributed by atoms with van der Waals surface area (Å²) in [6.07, 6.45) is 2.37. The summed E-state index contributed by atoms with van der Waals surface area (Å²) in [6.45, 7) is 5.65. The molecule has 0 aromatic rings. The molecule has 1 rings (SSSR count). The number of rotatable bonds is 2. The number of nitrogens with two attached hydrogens (primary N) is 1. The maximum Gasteiger partial charge on any atom is 0.407 e. The molecule has 0 atom stereocenters. The van der Waals surface area contributed by atoms with E-state index in [9.17, 15) is 9.90 Å². The maximum atomic E-state index is 11.4. The van der Waals surface area contributed by atoms with Crippen LogP contribution in [-0.4, -0.2) is 35.0 Å². The first-order valence-electron chi connectivity index (χ1n) is 6.15. The highest BCUT2D eigenvalue weighted by molar-refractivity contribution is 5.67. The van der Waals surface area contributed by atoms with Crippen molar-refractivity contribution < 1.29 is 14.6 Å². The van der Waals surface area contributed by atoms with Gasteiger partial charge in [-0.1, -0.05) is 0 Å². The first kappa shape index (κ1) is 14.3. The van der Waals surface area contributed by atoms with Crippen molar-refractivity contribution in [3.05, 3.63) is 0 Å². The molecule has 1 aliphatic carbocycles. The zero-order valence-corrected chi connectivity index (χ0v) is 11.0. The molecule has 0 aliphatic heterocycles. The van der Waals surface area contributed by atoms with Gasteiger partial charge in [-0.2, -0.15) is 0 Å². The molecule has 0 spiro atoms. The highest BCUT2D eigenvalue weighted by atomic mass is 16.6.